The van der Waals surface area contributed by atoms with Crippen molar-refractivity contribution in [3.05, 3.63) is 11.9 Å². The van der Waals surface area contributed by atoms with Gasteiger partial charge in [-0.3, -0.25) is 9.48 Å². The molecular weight excluding hydrogens is 296 g/mol. The lowest BCUT2D eigenvalue weighted by Gasteiger charge is -2.35. The summed E-state index contributed by atoms with van der Waals surface area (Å²) >= 11 is 0. The van der Waals surface area contributed by atoms with Crippen molar-refractivity contribution in [2.24, 2.45) is 7.05 Å². The molecule has 1 saturated heterocycles. The molecule has 2 heterocycles. The maximum Gasteiger partial charge on any atom is 0.281 e. The highest BCUT2D eigenvalue weighted by molar-refractivity contribution is 7.86. The van der Waals surface area contributed by atoms with Crippen LogP contribution in [0.1, 0.15) is 10.5 Å². The van der Waals surface area contributed by atoms with Crippen LogP contribution >= 0.6 is 0 Å². The van der Waals surface area contributed by atoms with Gasteiger partial charge in [-0.15, -0.1) is 0 Å². The van der Waals surface area contributed by atoms with Gasteiger partial charge in [-0.05, 0) is 0 Å². The molecule has 0 aromatic carbocycles. The van der Waals surface area contributed by atoms with Crippen molar-refractivity contribution in [2.75, 3.05) is 46.0 Å². The Kier molecular flexibility index (Phi) is 4.21. The van der Waals surface area contributed by atoms with E-state index in [1.807, 2.05) is 0 Å². The van der Waals surface area contributed by atoms with Gasteiger partial charge in [0.05, 0.1) is 11.9 Å². The highest BCUT2D eigenvalue weighted by Gasteiger charge is 2.31. The Bertz CT molecular complexity index is 611. The first-order chi connectivity index (χ1) is 9.75. The molecule has 0 saturated carbocycles. The quantitative estimate of drug-likeness (QED) is 0.736. The normalized spacial score (nSPS) is 17.4. The molecule has 1 aromatic heterocycles. The monoisotopic (exact) mass is 316 g/mol. The number of aromatic nitrogens is 2. The summed E-state index contributed by atoms with van der Waals surface area (Å²) in [5.41, 5.74) is 6.40. The Labute approximate surface area is 124 Å². The number of carbonyl (C=O) groups is 1. The number of nitrogens with zero attached hydrogens (tertiary/aromatic N) is 5. The van der Waals surface area contributed by atoms with E-state index in [9.17, 15) is 13.2 Å². The van der Waals surface area contributed by atoms with Crippen molar-refractivity contribution >= 4 is 21.8 Å². The molecule has 1 aliphatic rings. The Morgan fingerprint density at radius 3 is 2.29 bits per heavy atom. The number of anilines is 1. The fourth-order valence-corrected chi connectivity index (χ4v) is 3.31. The average Bonchev–Trinajstić information content (AvgIpc) is 2.77. The van der Waals surface area contributed by atoms with Crippen molar-refractivity contribution in [3.8, 4) is 0 Å². The molecule has 9 nitrogen and oxygen atoms in total. The van der Waals surface area contributed by atoms with Gasteiger partial charge in [-0.1, -0.05) is 0 Å². The Hall–Kier alpha value is -1.65. The summed E-state index contributed by atoms with van der Waals surface area (Å²) in [6.07, 6.45) is 1.43. The van der Waals surface area contributed by atoms with Crippen LogP contribution in [0.2, 0.25) is 0 Å². The molecule has 0 bridgehead atoms. The van der Waals surface area contributed by atoms with Gasteiger partial charge in [-0.25, -0.2) is 0 Å². The van der Waals surface area contributed by atoms with Crippen LogP contribution in [0.5, 0.6) is 0 Å². The van der Waals surface area contributed by atoms with E-state index < -0.39 is 10.2 Å². The molecule has 10 heteroatoms. The molecule has 2 N–H and O–H groups in total. The van der Waals surface area contributed by atoms with E-state index in [1.165, 1.54) is 33.6 Å². The van der Waals surface area contributed by atoms with Gasteiger partial charge in [0.25, 0.3) is 16.1 Å². The van der Waals surface area contributed by atoms with E-state index in [0.29, 0.717) is 24.5 Å². The lowest BCUT2D eigenvalue weighted by atomic mass is 10.3. The van der Waals surface area contributed by atoms with Crippen LogP contribution in [0.4, 0.5) is 5.69 Å². The van der Waals surface area contributed by atoms with Crippen molar-refractivity contribution in [3.63, 3.8) is 0 Å². The summed E-state index contributed by atoms with van der Waals surface area (Å²) in [5, 5.41) is 3.94. The van der Waals surface area contributed by atoms with Gasteiger partial charge in [-0.2, -0.15) is 22.1 Å². The molecule has 1 amide bonds. The molecule has 1 fully saturated rings. The van der Waals surface area contributed by atoms with E-state index in [4.69, 9.17) is 5.73 Å². The number of amides is 1. The van der Waals surface area contributed by atoms with E-state index in [-0.39, 0.29) is 19.0 Å². The largest absolute Gasteiger partial charge is 0.396 e. The second-order valence-corrected chi connectivity index (χ2v) is 7.20. The summed E-state index contributed by atoms with van der Waals surface area (Å²) in [6, 6.07) is 0. The van der Waals surface area contributed by atoms with E-state index >= 15 is 0 Å². The van der Waals surface area contributed by atoms with Crippen LogP contribution in [0.15, 0.2) is 6.20 Å². The van der Waals surface area contributed by atoms with E-state index in [1.54, 1.807) is 11.9 Å². The molecule has 0 aliphatic carbocycles. The highest BCUT2D eigenvalue weighted by atomic mass is 32.2. The molecule has 0 spiro atoms. The minimum absolute atomic E-state index is 0.227. The van der Waals surface area contributed by atoms with Gasteiger partial charge in [0, 0.05) is 47.3 Å². The zero-order valence-electron chi connectivity index (χ0n) is 12.4. The van der Waals surface area contributed by atoms with Gasteiger partial charge in [0.2, 0.25) is 0 Å². The van der Waals surface area contributed by atoms with Gasteiger partial charge in [0.15, 0.2) is 0 Å². The molecule has 0 unspecified atom stereocenters. The lowest BCUT2D eigenvalue weighted by molar-refractivity contribution is 0.0685. The standard InChI is InChI=1S/C11H20N6O3S/c1-14(2)21(19,20)17-6-4-16(5-7-17)11(18)10-9(12)8-13-15(10)3/h8H,4-7,12H2,1-3H3. The molecule has 0 atom stereocenters. The number of nitrogen functional groups attached to an aromatic ring is 1. The summed E-state index contributed by atoms with van der Waals surface area (Å²) < 4.78 is 28.0. The third kappa shape index (κ3) is 2.87. The predicted octanol–water partition coefficient (Wildman–Crippen LogP) is -1.43. The number of nitrogens with two attached hydrogens (primary N) is 1. The average molecular weight is 316 g/mol. The molecule has 21 heavy (non-hydrogen) atoms. The van der Waals surface area contributed by atoms with Crippen LogP contribution in [-0.4, -0.2) is 77.9 Å². The molecule has 118 valence electrons. The number of hydrogen-bond acceptors (Lipinski definition) is 5. The number of aryl methyl sites for hydroxylation is 1. The second kappa shape index (κ2) is 5.62. The third-order valence-electron chi connectivity index (χ3n) is 3.48. The Morgan fingerprint density at radius 2 is 1.86 bits per heavy atom. The lowest BCUT2D eigenvalue weighted by Crippen LogP contribution is -2.53. The molecule has 1 aliphatic heterocycles. The minimum Gasteiger partial charge on any atom is -0.396 e. The predicted molar refractivity (Wildman–Crippen MR) is 77.7 cm³/mol. The van der Waals surface area contributed by atoms with Crippen LogP contribution < -0.4 is 5.73 Å². The van der Waals surface area contributed by atoms with Crippen molar-refractivity contribution < 1.29 is 13.2 Å². The molecular formula is C11H20N6O3S. The fourth-order valence-electron chi connectivity index (χ4n) is 2.22. The molecule has 1 aromatic rings. The van der Waals surface area contributed by atoms with Gasteiger partial charge in [0.1, 0.15) is 5.69 Å². The Morgan fingerprint density at radius 1 is 1.29 bits per heavy atom. The summed E-state index contributed by atoms with van der Waals surface area (Å²) in [7, 11) is 1.19. The van der Waals surface area contributed by atoms with Crippen molar-refractivity contribution in [1.82, 2.24) is 23.3 Å². The summed E-state index contributed by atoms with van der Waals surface area (Å²) in [6.45, 7) is 1.20. The zero-order chi connectivity index (χ0) is 15.8. The summed E-state index contributed by atoms with van der Waals surface area (Å²) in [5.74, 6) is -0.227. The second-order valence-electron chi connectivity index (χ2n) is 5.05. The summed E-state index contributed by atoms with van der Waals surface area (Å²) in [4.78, 5) is 14.0. The number of rotatable bonds is 3. The van der Waals surface area contributed by atoms with Crippen LogP contribution in [0.3, 0.4) is 0 Å². The van der Waals surface area contributed by atoms with Crippen molar-refractivity contribution in [1.29, 1.82) is 0 Å². The van der Waals surface area contributed by atoms with Crippen LogP contribution in [0.25, 0.3) is 0 Å². The number of carbonyl (C=O) groups excluding carboxylic acids is 1. The smallest absolute Gasteiger partial charge is 0.281 e. The third-order valence-corrected chi connectivity index (χ3v) is 5.42. The SMILES string of the molecule is CN(C)S(=O)(=O)N1CCN(C(=O)c2c(N)cnn2C)CC1. The first kappa shape index (κ1) is 15.7. The first-order valence-corrected chi connectivity index (χ1v) is 7.89. The fraction of sp³-hybridized carbons (Fsp3) is 0.636. The Balaban J connectivity index is 2.07. The van der Waals surface area contributed by atoms with Crippen LogP contribution in [0, 0.1) is 0 Å². The first-order valence-electron chi connectivity index (χ1n) is 6.49. The number of piperazine rings is 1. The minimum atomic E-state index is -3.43. The highest BCUT2D eigenvalue weighted by Crippen LogP contribution is 2.16. The van der Waals surface area contributed by atoms with Crippen LogP contribution in [-0.2, 0) is 17.3 Å². The zero-order valence-corrected chi connectivity index (χ0v) is 13.2. The molecule has 2 rings (SSSR count). The number of hydrogen-bond donors (Lipinski definition) is 1. The van der Waals surface area contributed by atoms with E-state index in [2.05, 4.69) is 5.10 Å². The maximum absolute atomic E-state index is 12.4. The van der Waals surface area contributed by atoms with Crippen molar-refractivity contribution in [2.45, 2.75) is 0 Å². The molecule has 0 radical (unpaired) electrons. The van der Waals surface area contributed by atoms with Gasteiger partial charge >= 0.3 is 0 Å². The van der Waals surface area contributed by atoms with Gasteiger partial charge < -0.3 is 10.6 Å². The maximum atomic E-state index is 12.4. The topological polar surface area (TPSA) is 105 Å². The van der Waals surface area contributed by atoms with E-state index in [0.717, 1.165) is 0 Å².